The molecule has 1 amide bonds. The first-order chi connectivity index (χ1) is 15.8. The first-order valence-electron chi connectivity index (χ1n) is 10.7. The summed E-state index contributed by atoms with van der Waals surface area (Å²) >= 11 is 0. The van der Waals surface area contributed by atoms with Crippen LogP contribution < -0.4 is 4.90 Å². The van der Waals surface area contributed by atoms with E-state index in [1.165, 1.54) is 17.3 Å². The zero-order valence-electron chi connectivity index (χ0n) is 19.1. The number of halogens is 3. The van der Waals surface area contributed by atoms with Gasteiger partial charge in [0.15, 0.2) is 0 Å². The van der Waals surface area contributed by atoms with Crippen LogP contribution in [0.25, 0.3) is 11.3 Å². The molecule has 2 atom stereocenters. The Hall–Kier alpha value is -2.92. The van der Waals surface area contributed by atoms with Gasteiger partial charge in [0, 0.05) is 35.2 Å². The van der Waals surface area contributed by atoms with Crippen LogP contribution in [0.3, 0.4) is 0 Å². The molecule has 2 aliphatic rings. The minimum Gasteiger partial charge on any atom is -0.351 e. The van der Waals surface area contributed by atoms with Gasteiger partial charge in [-0.25, -0.2) is 4.98 Å². The zero-order valence-corrected chi connectivity index (χ0v) is 19.9. The molecule has 2 unspecified atom stereocenters. The summed E-state index contributed by atoms with van der Waals surface area (Å²) in [6.07, 6.45) is 3.42. The molecular formula is C23H24F3N5O2S. The topological polar surface area (TPSA) is 84.1 Å². The van der Waals surface area contributed by atoms with E-state index >= 15 is 0 Å². The summed E-state index contributed by atoms with van der Waals surface area (Å²) in [5.74, 6) is 0.431. The Labute approximate surface area is 196 Å². The van der Waals surface area contributed by atoms with Gasteiger partial charge in [-0.15, -0.1) is 10.3 Å². The van der Waals surface area contributed by atoms with Gasteiger partial charge in [-0.2, -0.15) is 18.3 Å². The number of carbonyl (C=O) groups is 1. The summed E-state index contributed by atoms with van der Waals surface area (Å²) in [7, 11) is -1.59. The number of rotatable bonds is 4. The number of amides is 1. The third-order valence-electron chi connectivity index (χ3n) is 6.40. The Morgan fingerprint density at radius 2 is 1.94 bits per heavy atom. The number of hydrogen-bond donors (Lipinski definition) is 1. The Morgan fingerprint density at radius 1 is 1.24 bits per heavy atom. The molecule has 0 bridgehead atoms. The zero-order chi connectivity index (χ0) is 24.6. The molecule has 2 aliphatic heterocycles. The van der Waals surface area contributed by atoms with Gasteiger partial charge in [0.25, 0.3) is 5.91 Å². The number of aryl methyl sites for hydroxylation is 1. The fourth-order valence-corrected chi connectivity index (χ4v) is 6.65. The summed E-state index contributed by atoms with van der Waals surface area (Å²) in [6, 6.07) is 3.80. The van der Waals surface area contributed by atoms with Gasteiger partial charge in [-0.05, 0) is 50.3 Å². The fraction of sp³-hybridized carbons (Fsp3) is 0.391. The van der Waals surface area contributed by atoms with Crippen molar-refractivity contribution in [2.45, 2.75) is 44.3 Å². The summed E-state index contributed by atoms with van der Waals surface area (Å²) in [6.45, 7) is 4.21. The first-order valence-corrected chi connectivity index (χ1v) is 12.9. The van der Waals surface area contributed by atoms with E-state index in [4.69, 9.17) is 4.98 Å². The van der Waals surface area contributed by atoms with E-state index < -0.39 is 28.6 Å². The lowest BCUT2D eigenvalue weighted by Gasteiger charge is -2.30. The fourth-order valence-electron chi connectivity index (χ4n) is 4.61. The molecule has 0 spiro atoms. The minimum absolute atomic E-state index is 0.109. The Bertz CT molecular complexity index is 1320. The van der Waals surface area contributed by atoms with Crippen molar-refractivity contribution in [3.05, 3.63) is 59.3 Å². The molecule has 11 heteroatoms. The lowest BCUT2D eigenvalue weighted by Crippen LogP contribution is -2.39. The van der Waals surface area contributed by atoms with Crippen LogP contribution in [0, 0.1) is 6.92 Å². The summed E-state index contributed by atoms with van der Waals surface area (Å²) in [5, 5.41) is 3.90. The first kappa shape index (κ1) is 22.9. The molecule has 1 N–H and O–H groups in total. The van der Waals surface area contributed by atoms with Gasteiger partial charge >= 0.3 is 6.18 Å². The van der Waals surface area contributed by atoms with E-state index in [0.717, 1.165) is 27.1 Å². The smallest absolute Gasteiger partial charge is 0.351 e. The van der Waals surface area contributed by atoms with Crippen molar-refractivity contribution in [1.29, 1.82) is 0 Å². The minimum atomic E-state index is -4.41. The Kier molecular flexibility index (Phi) is 4.90. The number of carbonyl (C=O) groups excluding carboxylic acids is 1. The molecule has 5 rings (SSSR count). The Morgan fingerprint density at radius 3 is 2.59 bits per heavy atom. The molecular weight excluding hydrogens is 467 g/mol. The summed E-state index contributed by atoms with van der Waals surface area (Å²) in [5.41, 5.74) is 3.47. The predicted octanol–water partition coefficient (Wildman–Crippen LogP) is 5.07. The monoisotopic (exact) mass is 491 g/mol. The highest BCUT2D eigenvalue weighted by Crippen LogP contribution is 2.71. The van der Waals surface area contributed by atoms with Gasteiger partial charge in [0.1, 0.15) is 6.54 Å². The molecule has 1 fully saturated rings. The van der Waals surface area contributed by atoms with Crippen molar-refractivity contribution in [2.24, 2.45) is 0 Å². The van der Waals surface area contributed by atoms with E-state index in [-0.39, 0.29) is 16.8 Å². The number of aromatic nitrogens is 4. The van der Waals surface area contributed by atoms with E-state index in [9.17, 15) is 22.5 Å². The maximum atomic E-state index is 13.4. The average molecular weight is 492 g/mol. The van der Waals surface area contributed by atoms with Crippen LogP contribution in [-0.2, 0) is 12.1 Å². The van der Waals surface area contributed by atoms with Gasteiger partial charge in [0.2, 0.25) is 0 Å². The largest absolute Gasteiger partial charge is 0.408 e. The lowest BCUT2D eigenvalue weighted by molar-refractivity contribution is -0.142. The molecule has 7 nitrogen and oxygen atoms in total. The maximum absolute atomic E-state index is 13.4. The van der Waals surface area contributed by atoms with Gasteiger partial charge < -0.3 is 4.55 Å². The van der Waals surface area contributed by atoms with Crippen molar-refractivity contribution < 1.29 is 22.5 Å². The van der Waals surface area contributed by atoms with E-state index in [1.807, 2.05) is 39.2 Å². The predicted molar refractivity (Wildman–Crippen MR) is 124 cm³/mol. The highest BCUT2D eigenvalue weighted by Gasteiger charge is 2.47. The molecule has 3 aromatic heterocycles. The van der Waals surface area contributed by atoms with Crippen LogP contribution in [-0.4, -0.2) is 48.4 Å². The average Bonchev–Trinajstić information content (AvgIpc) is 3.05. The number of alkyl halides is 3. The molecule has 0 saturated carbocycles. The van der Waals surface area contributed by atoms with Crippen molar-refractivity contribution in [3.63, 3.8) is 0 Å². The molecule has 180 valence electrons. The van der Waals surface area contributed by atoms with Crippen LogP contribution in [0.2, 0.25) is 0 Å². The molecule has 0 aliphatic carbocycles. The number of hydrogen-bond acceptors (Lipinski definition) is 5. The van der Waals surface area contributed by atoms with E-state index in [2.05, 4.69) is 10.1 Å². The van der Waals surface area contributed by atoms with Crippen molar-refractivity contribution in [1.82, 2.24) is 19.7 Å². The number of anilines is 1. The SMILES string of the molecule is Cc1cc(-c2cncc(C3CS3(C)O)c2)nc2c1C(=O)N(c1cnn(CC(F)(F)F)c1)C2(C)C. The summed E-state index contributed by atoms with van der Waals surface area (Å²) < 4.78 is 49.4. The third kappa shape index (κ3) is 3.76. The van der Waals surface area contributed by atoms with Crippen LogP contribution in [0.15, 0.2) is 36.9 Å². The lowest BCUT2D eigenvalue weighted by atomic mass is 9.96. The van der Waals surface area contributed by atoms with E-state index in [0.29, 0.717) is 17.0 Å². The third-order valence-corrected chi connectivity index (χ3v) is 8.65. The van der Waals surface area contributed by atoms with Crippen LogP contribution in [0.5, 0.6) is 0 Å². The van der Waals surface area contributed by atoms with Crippen molar-refractivity contribution >= 4 is 21.9 Å². The van der Waals surface area contributed by atoms with Crippen molar-refractivity contribution in [2.75, 3.05) is 16.9 Å². The van der Waals surface area contributed by atoms with Gasteiger partial charge in [-0.3, -0.25) is 19.4 Å². The number of nitrogens with zero attached hydrogens (tertiary/aromatic N) is 5. The number of fused-ring (bicyclic) bond motifs is 1. The molecule has 0 aromatic carbocycles. The van der Waals surface area contributed by atoms with Crippen LogP contribution in [0.4, 0.5) is 18.9 Å². The maximum Gasteiger partial charge on any atom is 0.408 e. The second kappa shape index (κ2) is 7.29. The molecule has 34 heavy (non-hydrogen) atoms. The number of pyridine rings is 2. The quantitative estimate of drug-likeness (QED) is 0.516. The highest BCUT2D eigenvalue weighted by molar-refractivity contribution is 8.34. The van der Waals surface area contributed by atoms with Crippen LogP contribution in [0.1, 0.15) is 46.3 Å². The van der Waals surface area contributed by atoms with Gasteiger partial charge in [0.05, 0.1) is 34.4 Å². The summed E-state index contributed by atoms with van der Waals surface area (Å²) in [4.78, 5) is 24.0. The standard InChI is InChI=1S/C23H24F3N5O2S/c1-13-5-17(14-6-15(8-27-7-14)18-11-34(18,4)33)29-20-19(13)21(32)31(22(20,2)3)16-9-28-30(10-16)12-23(24,25)26/h5-10,18,33H,11-12H2,1-4H3. The second-order valence-electron chi connectivity index (χ2n) is 9.53. The molecule has 5 heterocycles. The normalized spacial score (nSPS) is 25.2. The Balaban J connectivity index is 1.53. The molecule has 3 aromatic rings. The van der Waals surface area contributed by atoms with E-state index in [1.54, 1.807) is 12.4 Å². The molecule has 0 radical (unpaired) electrons. The highest BCUT2D eigenvalue weighted by atomic mass is 32.3. The van der Waals surface area contributed by atoms with Gasteiger partial charge in [-0.1, -0.05) is 0 Å². The second-order valence-corrected chi connectivity index (χ2v) is 12.6. The van der Waals surface area contributed by atoms with Crippen LogP contribution >= 0.6 is 10.3 Å². The van der Waals surface area contributed by atoms with Crippen molar-refractivity contribution in [3.8, 4) is 11.3 Å². The molecule has 1 saturated heterocycles.